The van der Waals surface area contributed by atoms with Gasteiger partial charge in [0.2, 0.25) is 0 Å². The summed E-state index contributed by atoms with van der Waals surface area (Å²) in [4.78, 5) is 10.7. The maximum Gasteiger partial charge on any atom is 0.523 e. The first kappa shape index (κ1) is 16.7. The summed E-state index contributed by atoms with van der Waals surface area (Å²) in [7, 11) is -4.57. The minimum atomic E-state index is -5.75. The summed E-state index contributed by atoms with van der Waals surface area (Å²) in [5.74, 6) is -0.499. The van der Waals surface area contributed by atoms with Gasteiger partial charge in [-0.15, -0.1) is 11.6 Å². The molecule has 0 aromatic carbocycles. The molecule has 0 N–H and O–H groups in total. The predicted molar refractivity (Wildman–Crippen MR) is 59.1 cm³/mol. The van der Waals surface area contributed by atoms with Crippen LogP contribution in [-0.4, -0.2) is 44.9 Å². The Morgan fingerprint density at radius 3 is 2.32 bits per heavy atom. The second-order valence-electron chi connectivity index (χ2n) is 4.12. The Hall–Kier alpha value is -0.380. The van der Waals surface area contributed by atoms with Crippen molar-refractivity contribution in [3.63, 3.8) is 0 Å². The van der Waals surface area contributed by atoms with Crippen LogP contribution in [0.4, 0.5) is 13.2 Å². The largest absolute Gasteiger partial charge is 0.523 e. The lowest BCUT2D eigenvalue weighted by Crippen LogP contribution is -2.47. The molecule has 1 rings (SSSR count). The monoisotopic (exact) mass is 324 g/mol. The van der Waals surface area contributed by atoms with Crippen molar-refractivity contribution >= 4 is 28.0 Å². The molecule has 1 fully saturated rings. The van der Waals surface area contributed by atoms with Gasteiger partial charge in [0, 0.05) is 13.0 Å². The number of carbonyl (C=O) groups excluding carboxylic acids is 1. The molecule has 0 aliphatic heterocycles. The predicted octanol–water partition coefficient (Wildman–Crippen LogP) is 1.45. The third-order valence-electron chi connectivity index (χ3n) is 2.80. The fourth-order valence-corrected chi connectivity index (χ4v) is 3.01. The van der Waals surface area contributed by atoms with Crippen LogP contribution in [-0.2, 0) is 23.8 Å². The number of ether oxygens (including phenoxy) is 1. The number of hydrogen-bond donors (Lipinski definition) is 0. The van der Waals surface area contributed by atoms with Crippen LogP contribution in [0.1, 0.15) is 12.8 Å². The second-order valence-corrected chi connectivity index (χ2v) is 6.24. The third kappa shape index (κ3) is 3.80. The van der Waals surface area contributed by atoms with Gasteiger partial charge in [-0.3, -0.25) is 4.18 Å². The van der Waals surface area contributed by atoms with Gasteiger partial charge < -0.3 is 9.53 Å². The van der Waals surface area contributed by atoms with Crippen molar-refractivity contribution in [1.82, 2.24) is 0 Å². The van der Waals surface area contributed by atoms with Gasteiger partial charge in [0.05, 0.1) is 11.5 Å². The van der Waals surface area contributed by atoms with Crippen LogP contribution in [0.2, 0.25) is 0 Å². The molecule has 1 aliphatic rings. The SMILES string of the molecule is COC1CC(C=O)CC(Cl)C1OS(=O)(=O)C(F)(F)F. The fourth-order valence-electron chi connectivity index (χ4n) is 1.85. The average Bonchev–Trinajstić information content (AvgIpc) is 2.29. The summed E-state index contributed by atoms with van der Waals surface area (Å²) >= 11 is 5.79. The van der Waals surface area contributed by atoms with Crippen LogP contribution in [0.5, 0.6) is 0 Å². The van der Waals surface area contributed by atoms with Gasteiger partial charge in [-0.1, -0.05) is 0 Å². The van der Waals surface area contributed by atoms with E-state index in [1.807, 2.05) is 0 Å². The summed E-state index contributed by atoms with van der Waals surface area (Å²) < 4.78 is 67.6. The average molecular weight is 325 g/mol. The Kier molecular flexibility index (Phi) is 5.21. The molecule has 0 heterocycles. The summed E-state index contributed by atoms with van der Waals surface area (Å²) in [5.41, 5.74) is -5.52. The molecule has 4 atom stereocenters. The molecule has 4 unspecified atom stereocenters. The Bertz CT molecular complexity index is 424. The second kappa shape index (κ2) is 5.94. The molecular formula is C9H12ClF3O5S. The molecule has 0 bridgehead atoms. The van der Waals surface area contributed by atoms with Crippen LogP contribution < -0.4 is 0 Å². The van der Waals surface area contributed by atoms with E-state index in [1.54, 1.807) is 0 Å². The minimum Gasteiger partial charge on any atom is -0.379 e. The van der Waals surface area contributed by atoms with E-state index in [4.69, 9.17) is 16.3 Å². The molecule has 10 heteroatoms. The van der Waals surface area contributed by atoms with Gasteiger partial charge in [0.15, 0.2) is 0 Å². The lowest BCUT2D eigenvalue weighted by Gasteiger charge is -2.35. The summed E-state index contributed by atoms with van der Waals surface area (Å²) in [6, 6.07) is 0. The molecule has 19 heavy (non-hydrogen) atoms. The normalized spacial score (nSPS) is 33.1. The number of methoxy groups -OCH3 is 1. The Balaban J connectivity index is 2.90. The lowest BCUT2D eigenvalue weighted by atomic mass is 9.86. The number of rotatable bonds is 4. The van der Waals surface area contributed by atoms with Crippen molar-refractivity contribution in [1.29, 1.82) is 0 Å². The highest BCUT2D eigenvalue weighted by atomic mass is 35.5. The van der Waals surface area contributed by atoms with Crippen LogP contribution in [0, 0.1) is 5.92 Å². The van der Waals surface area contributed by atoms with Crippen molar-refractivity contribution in [2.24, 2.45) is 5.92 Å². The maximum absolute atomic E-state index is 12.2. The Morgan fingerprint density at radius 2 is 1.89 bits per heavy atom. The van der Waals surface area contributed by atoms with E-state index in [9.17, 15) is 26.4 Å². The molecule has 0 saturated heterocycles. The van der Waals surface area contributed by atoms with Crippen LogP contribution in [0.3, 0.4) is 0 Å². The van der Waals surface area contributed by atoms with Gasteiger partial charge in [-0.25, -0.2) is 0 Å². The molecule has 1 aliphatic carbocycles. The zero-order chi connectivity index (χ0) is 14.8. The molecule has 0 aromatic heterocycles. The molecule has 1 saturated carbocycles. The van der Waals surface area contributed by atoms with Gasteiger partial charge in [0.25, 0.3) is 0 Å². The summed E-state index contributed by atoms with van der Waals surface area (Å²) in [6.45, 7) is 0. The van der Waals surface area contributed by atoms with Crippen molar-refractivity contribution in [3.05, 3.63) is 0 Å². The molecule has 112 valence electrons. The highest BCUT2D eigenvalue weighted by molar-refractivity contribution is 7.87. The molecule has 0 amide bonds. The smallest absolute Gasteiger partial charge is 0.379 e. The quantitative estimate of drug-likeness (QED) is 0.339. The van der Waals surface area contributed by atoms with E-state index in [1.165, 1.54) is 7.11 Å². The Labute approximate surface area is 113 Å². The highest BCUT2D eigenvalue weighted by Gasteiger charge is 2.51. The van der Waals surface area contributed by atoms with Crippen LogP contribution in [0.15, 0.2) is 0 Å². The maximum atomic E-state index is 12.2. The van der Waals surface area contributed by atoms with Crippen molar-refractivity contribution in [2.75, 3.05) is 7.11 Å². The first-order chi connectivity index (χ1) is 8.62. The lowest BCUT2D eigenvalue weighted by molar-refractivity contribution is -0.116. The fraction of sp³-hybridized carbons (Fsp3) is 0.889. The standard InChI is InChI=1S/C9H12ClF3O5S/c1-17-7-3-5(4-14)2-6(10)8(7)18-19(15,16)9(11,12)13/h4-8H,2-3H2,1H3. The number of hydrogen-bond acceptors (Lipinski definition) is 5. The number of halogens is 4. The third-order valence-corrected chi connectivity index (χ3v) is 4.27. The van der Waals surface area contributed by atoms with E-state index in [-0.39, 0.29) is 12.8 Å². The van der Waals surface area contributed by atoms with E-state index >= 15 is 0 Å². The highest BCUT2D eigenvalue weighted by Crippen LogP contribution is 2.35. The Morgan fingerprint density at radius 1 is 1.32 bits per heavy atom. The van der Waals surface area contributed by atoms with Crippen molar-refractivity contribution in [3.8, 4) is 0 Å². The number of aldehydes is 1. The van der Waals surface area contributed by atoms with E-state index in [2.05, 4.69) is 4.18 Å². The van der Waals surface area contributed by atoms with Gasteiger partial charge in [-0.2, -0.15) is 21.6 Å². The summed E-state index contributed by atoms with van der Waals surface area (Å²) in [6.07, 6.45) is -1.78. The molecule has 5 nitrogen and oxygen atoms in total. The molecule has 0 radical (unpaired) electrons. The van der Waals surface area contributed by atoms with Crippen molar-refractivity contribution in [2.45, 2.75) is 35.9 Å². The van der Waals surface area contributed by atoms with Crippen LogP contribution in [0.25, 0.3) is 0 Å². The number of carbonyl (C=O) groups is 1. The molecule has 0 spiro atoms. The van der Waals surface area contributed by atoms with Gasteiger partial charge in [0.1, 0.15) is 12.4 Å². The van der Waals surface area contributed by atoms with E-state index in [0.717, 1.165) is 0 Å². The number of alkyl halides is 4. The van der Waals surface area contributed by atoms with Crippen molar-refractivity contribution < 1.29 is 35.3 Å². The minimum absolute atomic E-state index is 0.0307. The van der Waals surface area contributed by atoms with Gasteiger partial charge in [-0.05, 0) is 12.8 Å². The van der Waals surface area contributed by atoms with Gasteiger partial charge >= 0.3 is 15.6 Å². The topological polar surface area (TPSA) is 69.7 Å². The van der Waals surface area contributed by atoms with E-state index < -0.39 is 39.1 Å². The molecular weight excluding hydrogens is 313 g/mol. The molecule has 0 aromatic rings. The van der Waals surface area contributed by atoms with Crippen LogP contribution >= 0.6 is 11.6 Å². The summed E-state index contributed by atoms with van der Waals surface area (Å²) in [5, 5.41) is -1.06. The zero-order valence-electron chi connectivity index (χ0n) is 9.76. The first-order valence-corrected chi connectivity index (χ1v) is 7.08. The van der Waals surface area contributed by atoms with E-state index in [0.29, 0.717) is 6.29 Å². The zero-order valence-corrected chi connectivity index (χ0v) is 11.3. The first-order valence-electron chi connectivity index (χ1n) is 5.24.